The van der Waals surface area contributed by atoms with Crippen LogP contribution in [0.5, 0.6) is 0 Å². The molecule has 1 rings (SSSR count). The molecular formula is C13H15BrClN. The van der Waals surface area contributed by atoms with Crippen molar-refractivity contribution in [1.29, 1.82) is 0 Å². The normalized spacial score (nSPS) is 11.8. The summed E-state index contributed by atoms with van der Waals surface area (Å²) in [6.07, 6.45) is 1.89. The molecule has 0 amide bonds. The maximum atomic E-state index is 6.03. The molecule has 0 heterocycles. The van der Waals surface area contributed by atoms with Crippen molar-refractivity contribution < 1.29 is 0 Å². The van der Waals surface area contributed by atoms with Crippen molar-refractivity contribution in [2.24, 2.45) is 0 Å². The summed E-state index contributed by atoms with van der Waals surface area (Å²) in [5, 5.41) is 4.04. The zero-order chi connectivity index (χ0) is 12.0. The highest BCUT2D eigenvalue weighted by Crippen LogP contribution is 2.25. The Morgan fingerprint density at radius 2 is 2.19 bits per heavy atom. The first-order valence-electron chi connectivity index (χ1n) is 5.20. The third kappa shape index (κ3) is 4.17. The van der Waals surface area contributed by atoms with E-state index in [1.165, 1.54) is 5.56 Å². The molecule has 16 heavy (non-hydrogen) atoms. The van der Waals surface area contributed by atoms with E-state index in [-0.39, 0.29) is 0 Å². The molecule has 86 valence electrons. The van der Waals surface area contributed by atoms with E-state index in [1.807, 2.05) is 26.1 Å². The lowest BCUT2D eigenvalue weighted by Crippen LogP contribution is -2.16. The largest absolute Gasteiger partial charge is 0.313 e. The molecular weight excluding hydrogens is 286 g/mol. The number of hydrogen-bond acceptors (Lipinski definition) is 1. The van der Waals surface area contributed by atoms with Crippen molar-refractivity contribution in [2.75, 3.05) is 7.05 Å². The minimum absolute atomic E-state index is 0.302. The number of rotatable bonds is 4. The van der Waals surface area contributed by atoms with E-state index in [1.54, 1.807) is 0 Å². The van der Waals surface area contributed by atoms with Gasteiger partial charge in [-0.15, -0.1) is 11.8 Å². The lowest BCUT2D eigenvalue weighted by atomic mass is 10.0. The number of benzene rings is 1. The Balaban J connectivity index is 2.80. The molecule has 1 atom stereocenters. The Bertz CT molecular complexity index is 386. The third-order valence-corrected chi connectivity index (χ3v) is 3.05. The fraction of sp³-hybridized carbons (Fsp3) is 0.385. The number of hydrogen-bond donors (Lipinski definition) is 1. The Hall–Kier alpha value is -0.490. The third-order valence-electron chi connectivity index (χ3n) is 2.37. The summed E-state index contributed by atoms with van der Waals surface area (Å²) in [4.78, 5) is 0. The highest BCUT2D eigenvalue weighted by Gasteiger charge is 2.09. The molecule has 0 radical (unpaired) electrons. The molecule has 0 saturated carbocycles. The van der Waals surface area contributed by atoms with Crippen LogP contribution < -0.4 is 5.32 Å². The summed E-state index contributed by atoms with van der Waals surface area (Å²) in [6.45, 7) is 1.87. The molecule has 0 bridgehead atoms. The standard InChI is InChI=1S/C13H15BrClN/c1-3-4-5-6-13(16-2)10-7-11(14)9-12(15)8-10/h7-9,13,16H,5-6H2,1-2H3. The first kappa shape index (κ1) is 13.6. The van der Waals surface area contributed by atoms with Crippen LogP contribution in [0.2, 0.25) is 5.02 Å². The minimum Gasteiger partial charge on any atom is -0.313 e. The molecule has 1 N–H and O–H groups in total. The van der Waals surface area contributed by atoms with Gasteiger partial charge in [-0.25, -0.2) is 0 Å². The van der Waals surface area contributed by atoms with Crippen LogP contribution in [0.15, 0.2) is 22.7 Å². The van der Waals surface area contributed by atoms with Crippen LogP contribution in [-0.2, 0) is 0 Å². The van der Waals surface area contributed by atoms with Crippen molar-refractivity contribution in [1.82, 2.24) is 5.32 Å². The smallest absolute Gasteiger partial charge is 0.0420 e. The summed E-state index contributed by atoms with van der Waals surface area (Å²) in [5.41, 5.74) is 1.19. The van der Waals surface area contributed by atoms with Crippen molar-refractivity contribution in [3.05, 3.63) is 33.3 Å². The summed E-state index contributed by atoms with van der Waals surface area (Å²) >= 11 is 9.48. The van der Waals surface area contributed by atoms with Gasteiger partial charge in [0.05, 0.1) is 0 Å². The van der Waals surface area contributed by atoms with Crippen molar-refractivity contribution in [2.45, 2.75) is 25.8 Å². The van der Waals surface area contributed by atoms with Gasteiger partial charge in [-0.2, -0.15) is 0 Å². The van der Waals surface area contributed by atoms with Crippen molar-refractivity contribution >= 4 is 27.5 Å². The molecule has 0 aliphatic heterocycles. The second-order valence-corrected chi connectivity index (χ2v) is 4.86. The maximum Gasteiger partial charge on any atom is 0.0420 e. The quantitative estimate of drug-likeness (QED) is 0.823. The fourth-order valence-electron chi connectivity index (χ4n) is 1.60. The van der Waals surface area contributed by atoms with Gasteiger partial charge in [-0.3, -0.25) is 0 Å². The average molecular weight is 301 g/mol. The molecule has 0 aliphatic rings. The molecule has 1 nitrogen and oxygen atoms in total. The molecule has 1 aromatic carbocycles. The van der Waals surface area contributed by atoms with Gasteiger partial charge in [-0.1, -0.05) is 27.5 Å². The van der Waals surface area contributed by atoms with E-state index in [2.05, 4.69) is 39.2 Å². The number of halogens is 2. The van der Waals surface area contributed by atoms with Crippen molar-refractivity contribution in [3.8, 4) is 11.8 Å². The molecule has 0 saturated heterocycles. The molecule has 0 spiro atoms. The summed E-state index contributed by atoms with van der Waals surface area (Å²) in [5.74, 6) is 5.99. The zero-order valence-corrected chi connectivity index (χ0v) is 11.8. The molecule has 3 heteroatoms. The highest BCUT2D eigenvalue weighted by atomic mass is 79.9. The van der Waals surface area contributed by atoms with Crippen LogP contribution in [0.25, 0.3) is 0 Å². The van der Waals surface area contributed by atoms with E-state index in [4.69, 9.17) is 11.6 Å². The van der Waals surface area contributed by atoms with Gasteiger partial charge in [0.1, 0.15) is 0 Å². The summed E-state index contributed by atoms with van der Waals surface area (Å²) in [6, 6.07) is 6.28. The van der Waals surface area contributed by atoms with Gasteiger partial charge in [-0.05, 0) is 44.2 Å². The summed E-state index contributed by atoms with van der Waals surface area (Å²) in [7, 11) is 1.96. The molecule has 0 aliphatic carbocycles. The minimum atomic E-state index is 0.302. The van der Waals surface area contributed by atoms with Gasteiger partial charge in [0.25, 0.3) is 0 Å². The predicted molar refractivity (Wildman–Crippen MR) is 73.6 cm³/mol. The van der Waals surface area contributed by atoms with E-state index in [0.29, 0.717) is 6.04 Å². The van der Waals surface area contributed by atoms with E-state index in [9.17, 15) is 0 Å². The van der Waals surface area contributed by atoms with Crippen LogP contribution in [-0.4, -0.2) is 7.05 Å². The Morgan fingerprint density at radius 1 is 1.44 bits per heavy atom. The zero-order valence-electron chi connectivity index (χ0n) is 9.48. The molecule has 1 unspecified atom stereocenters. The lowest BCUT2D eigenvalue weighted by Gasteiger charge is -2.16. The molecule has 0 aromatic heterocycles. The van der Waals surface area contributed by atoms with Crippen LogP contribution in [0.1, 0.15) is 31.4 Å². The lowest BCUT2D eigenvalue weighted by molar-refractivity contribution is 0.558. The van der Waals surface area contributed by atoms with E-state index < -0.39 is 0 Å². The average Bonchev–Trinajstić information content (AvgIpc) is 2.23. The Morgan fingerprint density at radius 3 is 2.75 bits per heavy atom. The van der Waals surface area contributed by atoms with Gasteiger partial charge in [0, 0.05) is 22.0 Å². The summed E-state index contributed by atoms with van der Waals surface area (Å²) < 4.78 is 1.01. The predicted octanol–water partition coefficient (Wildman–Crippen LogP) is 4.17. The van der Waals surface area contributed by atoms with Crippen LogP contribution >= 0.6 is 27.5 Å². The second kappa shape index (κ2) is 6.96. The van der Waals surface area contributed by atoms with Gasteiger partial charge >= 0.3 is 0 Å². The van der Waals surface area contributed by atoms with Crippen molar-refractivity contribution in [3.63, 3.8) is 0 Å². The van der Waals surface area contributed by atoms with E-state index >= 15 is 0 Å². The SMILES string of the molecule is CC#CCCC(NC)c1cc(Cl)cc(Br)c1. The van der Waals surface area contributed by atoms with Gasteiger partial charge in [0.2, 0.25) is 0 Å². The monoisotopic (exact) mass is 299 g/mol. The molecule has 0 fully saturated rings. The first-order chi connectivity index (χ1) is 7.67. The van der Waals surface area contributed by atoms with Gasteiger partial charge in [0.15, 0.2) is 0 Å². The Labute approximate surface area is 111 Å². The topological polar surface area (TPSA) is 12.0 Å². The van der Waals surface area contributed by atoms with E-state index in [0.717, 1.165) is 22.3 Å². The highest BCUT2D eigenvalue weighted by molar-refractivity contribution is 9.10. The van der Waals surface area contributed by atoms with Crippen LogP contribution in [0.4, 0.5) is 0 Å². The van der Waals surface area contributed by atoms with Crippen LogP contribution in [0.3, 0.4) is 0 Å². The molecule has 1 aromatic rings. The fourth-order valence-corrected chi connectivity index (χ4v) is 2.48. The Kier molecular flexibility index (Phi) is 5.90. The first-order valence-corrected chi connectivity index (χ1v) is 6.37. The maximum absolute atomic E-state index is 6.03. The second-order valence-electron chi connectivity index (χ2n) is 3.51. The van der Waals surface area contributed by atoms with Gasteiger partial charge < -0.3 is 5.32 Å². The number of nitrogens with one attached hydrogen (secondary N) is 1. The van der Waals surface area contributed by atoms with Crippen LogP contribution in [0, 0.1) is 11.8 Å².